The summed E-state index contributed by atoms with van der Waals surface area (Å²) in [4.78, 5) is 14.4. The van der Waals surface area contributed by atoms with Gasteiger partial charge in [0.25, 0.3) is 0 Å². The van der Waals surface area contributed by atoms with Crippen LogP contribution in [0.2, 0.25) is 0 Å². The Labute approximate surface area is 166 Å². The van der Waals surface area contributed by atoms with E-state index in [-0.39, 0.29) is 23.5 Å². The van der Waals surface area contributed by atoms with Gasteiger partial charge in [0.15, 0.2) is 9.84 Å². The fraction of sp³-hybridized carbons (Fsp3) is 0.650. The Morgan fingerprint density at radius 1 is 1.36 bits per heavy atom. The fourth-order valence-electron chi connectivity index (χ4n) is 4.74. The number of piperidine rings is 1. The lowest BCUT2D eigenvalue weighted by molar-refractivity contribution is -0.0937. The van der Waals surface area contributed by atoms with E-state index in [0.717, 1.165) is 30.6 Å². The van der Waals surface area contributed by atoms with Gasteiger partial charge in [-0.2, -0.15) is 0 Å². The van der Waals surface area contributed by atoms with Gasteiger partial charge in [-0.3, -0.25) is 0 Å². The number of likely N-dealkylation sites (tertiary alicyclic amines) is 1. The van der Waals surface area contributed by atoms with Crippen molar-refractivity contribution in [1.29, 1.82) is 0 Å². The molecule has 2 saturated heterocycles. The molecule has 1 atom stereocenters. The normalized spacial score (nSPS) is 25.3. The number of hydrogen-bond donors (Lipinski definition) is 1. The Bertz CT molecular complexity index is 832. The number of carbonyl (C=O) groups is 1. The molecule has 2 fully saturated rings. The van der Waals surface area contributed by atoms with E-state index in [4.69, 9.17) is 9.47 Å². The Kier molecular flexibility index (Phi) is 5.26. The van der Waals surface area contributed by atoms with Crippen molar-refractivity contribution in [1.82, 2.24) is 10.2 Å². The van der Waals surface area contributed by atoms with Crippen LogP contribution in [0.25, 0.3) is 0 Å². The molecule has 1 N–H and O–H groups in total. The van der Waals surface area contributed by atoms with E-state index in [1.807, 2.05) is 17.0 Å². The minimum absolute atomic E-state index is 0.0305. The second kappa shape index (κ2) is 7.55. The molecule has 3 heterocycles. The quantitative estimate of drug-likeness (QED) is 0.823. The number of methoxy groups -OCH3 is 1. The van der Waals surface area contributed by atoms with Gasteiger partial charge in [0.1, 0.15) is 11.4 Å². The van der Waals surface area contributed by atoms with Crippen molar-refractivity contribution >= 4 is 15.9 Å². The Balaban J connectivity index is 1.38. The van der Waals surface area contributed by atoms with Crippen LogP contribution in [0.1, 0.15) is 30.4 Å². The molecule has 1 unspecified atom stereocenters. The van der Waals surface area contributed by atoms with Gasteiger partial charge in [0, 0.05) is 25.2 Å². The molecule has 1 aromatic rings. The third-order valence-electron chi connectivity index (χ3n) is 6.26. The summed E-state index contributed by atoms with van der Waals surface area (Å²) in [5, 5.41) is 2.92. The first-order valence-corrected chi connectivity index (χ1v) is 11.8. The van der Waals surface area contributed by atoms with Crippen molar-refractivity contribution in [2.75, 3.05) is 44.9 Å². The maximum absolute atomic E-state index is 12.6. The lowest BCUT2D eigenvalue weighted by Gasteiger charge is -2.45. The molecule has 3 aliphatic heterocycles. The third kappa shape index (κ3) is 3.72. The van der Waals surface area contributed by atoms with Crippen LogP contribution in [0.3, 0.4) is 0 Å². The first-order valence-electron chi connectivity index (χ1n) is 9.96. The number of nitrogens with one attached hydrogen (secondary N) is 1. The standard InChI is InChI=1S/C20H28N2O5S/c1-26-17-4-2-3-16-5-11-27-20(18(16)17)7-9-22(10-8-20)19(23)21-13-15-6-12-28(24,25)14-15/h2-4,15H,5-14H2,1H3,(H,21,23). The first-order chi connectivity index (χ1) is 13.4. The number of rotatable bonds is 3. The molecule has 2 amide bonds. The summed E-state index contributed by atoms with van der Waals surface area (Å²) in [6.07, 6.45) is 2.97. The molecular formula is C20H28N2O5S. The molecular weight excluding hydrogens is 380 g/mol. The third-order valence-corrected chi connectivity index (χ3v) is 8.10. The van der Waals surface area contributed by atoms with Gasteiger partial charge in [0.05, 0.1) is 25.2 Å². The Morgan fingerprint density at radius 2 is 2.14 bits per heavy atom. The van der Waals surface area contributed by atoms with Crippen LogP contribution < -0.4 is 10.1 Å². The van der Waals surface area contributed by atoms with E-state index < -0.39 is 15.4 Å². The minimum Gasteiger partial charge on any atom is -0.496 e. The average Bonchev–Trinajstić information content (AvgIpc) is 3.05. The van der Waals surface area contributed by atoms with Crippen LogP contribution in [0.15, 0.2) is 18.2 Å². The van der Waals surface area contributed by atoms with E-state index in [1.54, 1.807) is 7.11 Å². The molecule has 0 saturated carbocycles. The van der Waals surface area contributed by atoms with Crippen LogP contribution in [-0.2, 0) is 26.6 Å². The van der Waals surface area contributed by atoms with E-state index in [1.165, 1.54) is 5.56 Å². The highest BCUT2D eigenvalue weighted by Gasteiger charge is 2.43. The molecule has 0 aromatic heterocycles. The van der Waals surface area contributed by atoms with Crippen molar-refractivity contribution in [3.05, 3.63) is 29.3 Å². The highest BCUT2D eigenvalue weighted by atomic mass is 32.2. The summed E-state index contributed by atoms with van der Waals surface area (Å²) in [5.74, 6) is 1.31. The number of hydrogen-bond acceptors (Lipinski definition) is 5. The molecule has 0 aliphatic carbocycles. The molecule has 3 aliphatic rings. The molecule has 7 nitrogen and oxygen atoms in total. The average molecular weight is 409 g/mol. The summed E-state index contributed by atoms with van der Waals surface area (Å²) < 4.78 is 35.0. The van der Waals surface area contributed by atoms with Crippen LogP contribution in [-0.4, -0.2) is 64.2 Å². The van der Waals surface area contributed by atoms with Crippen LogP contribution in [0.5, 0.6) is 5.75 Å². The van der Waals surface area contributed by atoms with Gasteiger partial charge < -0.3 is 19.7 Å². The van der Waals surface area contributed by atoms with Gasteiger partial charge in [-0.05, 0) is 43.2 Å². The number of fused-ring (bicyclic) bond motifs is 2. The largest absolute Gasteiger partial charge is 0.496 e. The Morgan fingerprint density at radius 3 is 2.82 bits per heavy atom. The van der Waals surface area contributed by atoms with Crippen LogP contribution >= 0.6 is 0 Å². The summed E-state index contributed by atoms with van der Waals surface area (Å²) in [7, 11) is -1.23. The molecule has 0 bridgehead atoms. The number of carbonyl (C=O) groups excluding carboxylic acids is 1. The first kappa shape index (κ1) is 19.5. The zero-order valence-electron chi connectivity index (χ0n) is 16.3. The molecule has 1 spiro atoms. The van der Waals surface area contributed by atoms with E-state index in [0.29, 0.717) is 32.7 Å². The van der Waals surface area contributed by atoms with Gasteiger partial charge in [-0.15, -0.1) is 0 Å². The summed E-state index contributed by atoms with van der Waals surface area (Å²) >= 11 is 0. The number of amides is 2. The monoisotopic (exact) mass is 408 g/mol. The number of ether oxygens (including phenoxy) is 2. The van der Waals surface area contributed by atoms with Crippen molar-refractivity contribution in [2.24, 2.45) is 5.92 Å². The second-order valence-corrected chi connectivity index (χ2v) is 10.3. The van der Waals surface area contributed by atoms with E-state index >= 15 is 0 Å². The molecule has 4 rings (SSSR count). The SMILES string of the molecule is COc1cccc2c1C1(CCN(C(=O)NCC3CCS(=O)(=O)C3)CC1)OCC2. The van der Waals surface area contributed by atoms with Gasteiger partial charge in [0.2, 0.25) is 0 Å². The Hall–Kier alpha value is -1.80. The zero-order chi connectivity index (χ0) is 19.8. The van der Waals surface area contributed by atoms with Gasteiger partial charge in [-0.1, -0.05) is 12.1 Å². The maximum Gasteiger partial charge on any atom is 0.317 e. The number of benzene rings is 1. The number of nitrogens with zero attached hydrogens (tertiary/aromatic N) is 1. The van der Waals surface area contributed by atoms with Crippen molar-refractivity contribution in [3.8, 4) is 5.75 Å². The number of urea groups is 1. The van der Waals surface area contributed by atoms with Crippen LogP contribution in [0, 0.1) is 5.92 Å². The lowest BCUT2D eigenvalue weighted by Crippen LogP contribution is -2.51. The van der Waals surface area contributed by atoms with Crippen molar-refractivity contribution in [2.45, 2.75) is 31.3 Å². The van der Waals surface area contributed by atoms with Crippen molar-refractivity contribution in [3.63, 3.8) is 0 Å². The molecule has 8 heteroatoms. The smallest absolute Gasteiger partial charge is 0.317 e. The summed E-state index contributed by atoms with van der Waals surface area (Å²) in [5.41, 5.74) is 2.02. The van der Waals surface area contributed by atoms with Gasteiger partial charge >= 0.3 is 6.03 Å². The number of sulfone groups is 1. The predicted octanol–water partition coefficient (Wildman–Crippen LogP) is 1.70. The molecule has 1 aromatic carbocycles. The maximum atomic E-state index is 12.6. The topological polar surface area (TPSA) is 84.9 Å². The summed E-state index contributed by atoms with van der Waals surface area (Å²) in [6, 6.07) is 6.01. The lowest BCUT2D eigenvalue weighted by atomic mass is 9.79. The molecule has 0 radical (unpaired) electrons. The highest BCUT2D eigenvalue weighted by molar-refractivity contribution is 7.91. The van der Waals surface area contributed by atoms with Crippen LogP contribution in [0.4, 0.5) is 4.79 Å². The minimum atomic E-state index is -2.92. The molecule has 154 valence electrons. The molecule has 28 heavy (non-hydrogen) atoms. The van der Waals surface area contributed by atoms with E-state index in [9.17, 15) is 13.2 Å². The zero-order valence-corrected chi connectivity index (χ0v) is 17.1. The summed E-state index contributed by atoms with van der Waals surface area (Å²) in [6.45, 7) is 2.31. The van der Waals surface area contributed by atoms with Crippen molar-refractivity contribution < 1.29 is 22.7 Å². The van der Waals surface area contributed by atoms with Gasteiger partial charge in [-0.25, -0.2) is 13.2 Å². The van der Waals surface area contributed by atoms with E-state index in [2.05, 4.69) is 11.4 Å². The fourth-order valence-corrected chi connectivity index (χ4v) is 6.60. The predicted molar refractivity (Wildman–Crippen MR) is 105 cm³/mol. The highest BCUT2D eigenvalue weighted by Crippen LogP contribution is 2.45. The second-order valence-electron chi connectivity index (χ2n) is 8.03.